The summed E-state index contributed by atoms with van der Waals surface area (Å²) >= 11 is 0. The Morgan fingerprint density at radius 2 is 1.76 bits per heavy atom. The van der Waals surface area contributed by atoms with E-state index in [9.17, 15) is 4.79 Å². The van der Waals surface area contributed by atoms with Crippen molar-refractivity contribution in [3.63, 3.8) is 0 Å². The number of hydrogen-bond donors (Lipinski definition) is 2. The van der Waals surface area contributed by atoms with Gasteiger partial charge >= 0.3 is 0 Å². The molecule has 1 amide bonds. The second-order valence-corrected chi connectivity index (χ2v) is 5.08. The average Bonchev–Trinajstić information content (AvgIpc) is 2.38. The quantitative estimate of drug-likeness (QED) is 0.640. The third kappa shape index (κ3) is 6.67. The Bertz CT molecular complexity index is 200. The Hall–Kier alpha value is -0.570. The van der Waals surface area contributed by atoms with E-state index in [4.69, 9.17) is 0 Å². The molecule has 100 valence electrons. The Balaban J connectivity index is 1.92. The molecular weight excluding hydrogens is 212 g/mol. The second-order valence-electron chi connectivity index (χ2n) is 5.08. The van der Waals surface area contributed by atoms with Gasteiger partial charge in [-0.3, -0.25) is 4.79 Å². The molecule has 17 heavy (non-hydrogen) atoms. The Labute approximate surface area is 106 Å². The van der Waals surface area contributed by atoms with E-state index in [0.717, 1.165) is 38.9 Å². The van der Waals surface area contributed by atoms with Crippen molar-refractivity contribution in [3.05, 3.63) is 0 Å². The average molecular weight is 240 g/mol. The van der Waals surface area contributed by atoms with E-state index in [0.29, 0.717) is 0 Å². The highest BCUT2D eigenvalue weighted by atomic mass is 16.1. The molecule has 0 aromatic heterocycles. The van der Waals surface area contributed by atoms with Crippen LogP contribution in [-0.4, -0.2) is 25.5 Å². The Morgan fingerprint density at radius 1 is 1.12 bits per heavy atom. The van der Waals surface area contributed by atoms with Crippen LogP contribution in [-0.2, 0) is 4.79 Å². The van der Waals surface area contributed by atoms with Gasteiger partial charge in [-0.25, -0.2) is 0 Å². The lowest BCUT2D eigenvalue weighted by Crippen LogP contribution is -2.38. The molecule has 2 N–H and O–H groups in total. The molecule has 1 aliphatic rings. The highest BCUT2D eigenvalue weighted by Gasteiger charge is 2.19. The fourth-order valence-electron chi connectivity index (χ4n) is 2.35. The molecular formula is C14H28N2O. The van der Waals surface area contributed by atoms with Crippen molar-refractivity contribution < 1.29 is 4.79 Å². The maximum atomic E-state index is 11.8. The summed E-state index contributed by atoms with van der Waals surface area (Å²) in [5.41, 5.74) is 0. The van der Waals surface area contributed by atoms with Crippen LogP contribution in [0.3, 0.4) is 0 Å². The minimum Gasteiger partial charge on any atom is -0.356 e. The first-order chi connectivity index (χ1) is 8.34. The van der Waals surface area contributed by atoms with E-state index in [-0.39, 0.29) is 11.8 Å². The topological polar surface area (TPSA) is 41.1 Å². The minimum atomic E-state index is 0.261. The first-order valence-electron chi connectivity index (χ1n) is 7.33. The van der Waals surface area contributed by atoms with E-state index < -0.39 is 0 Å². The molecule has 0 aliphatic carbocycles. The highest BCUT2D eigenvalue weighted by molar-refractivity contribution is 5.78. The zero-order valence-electron chi connectivity index (χ0n) is 11.3. The van der Waals surface area contributed by atoms with Crippen molar-refractivity contribution in [1.82, 2.24) is 10.6 Å². The van der Waals surface area contributed by atoms with Gasteiger partial charge in [0.25, 0.3) is 0 Å². The lowest BCUT2D eigenvalue weighted by atomic mass is 9.97. The van der Waals surface area contributed by atoms with Crippen molar-refractivity contribution in [3.8, 4) is 0 Å². The number of unbranched alkanes of at least 4 members (excludes halogenated alkanes) is 5. The van der Waals surface area contributed by atoms with Crippen molar-refractivity contribution in [2.24, 2.45) is 5.92 Å². The standard InChI is InChI=1S/C14H28N2O/c1-2-3-4-5-6-7-10-16-14(17)13-8-11-15-12-9-13/h13,15H,2-12H2,1H3,(H,16,17). The molecule has 0 aromatic rings. The molecule has 1 fully saturated rings. The SMILES string of the molecule is CCCCCCCCNC(=O)C1CCNCC1. The monoisotopic (exact) mass is 240 g/mol. The maximum absolute atomic E-state index is 11.8. The number of amides is 1. The fraction of sp³-hybridized carbons (Fsp3) is 0.929. The molecule has 1 aliphatic heterocycles. The molecule has 3 heteroatoms. The molecule has 0 atom stereocenters. The predicted molar refractivity (Wildman–Crippen MR) is 72.0 cm³/mol. The number of hydrogen-bond acceptors (Lipinski definition) is 2. The third-order valence-corrected chi connectivity index (χ3v) is 3.54. The van der Waals surface area contributed by atoms with Gasteiger partial charge in [-0.1, -0.05) is 39.0 Å². The zero-order valence-corrected chi connectivity index (χ0v) is 11.3. The van der Waals surface area contributed by atoms with Gasteiger partial charge in [-0.15, -0.1) is 0 Å². The summed E-state index contributed by atoms with van der Waals surface area (Å²) in [6.07, 6.45) is 9.71. The van der Waals surface area contributed by atoms with E-state index in [1.54, 1.807) is 0 Å². The van der Waals surface area contributed by atoms with Crippen LogP contribution in [0.4, 0.5) is 0 Å². The number of carbonyl (C=O) groups excluding carboxylic acids is 1. The summed E-state index contributed by atoms with van der Waals surface area (Å²) in [4.78, 5) is 11.8. The lowest BCUT2D eigenvalue weighted by Gasteiger charge is -2.21. The largest absolute Gasteiger partial charge is 0.356 e. The van der Waals surface area contributed by atoms with E-state index in [2.05, 4.69) is 17.6 Å². The van der Waals surface area contributed by atoms with Gasteiger partial charge in [0.05, 0.1) is 0 Å². The van der Waals surface area contributed by atoms with Gasteiger partial charge in [0, 0.05) is 12.5 Å². The normalized spacial score (nSPS) is 17.0. The summed E-state index contributed by atoms with van der Waals surface area (Å²) < 4.78 is 0. The van der Waals surface area contributed by atoms with Gasteiger partial charge in [0.15, 0.2) is 0 Å². The van der Waals surface area contributed by atoms with Crippen LogP contribution in [0.15, 0.2) is 0 Å². The van der Waals surface area contributed by atoms with Crippen molar-refractivity contribution in [2.75, 3.05) is 19.6 Å². The lowest BCUT2D eigenvalue weighted by molar-refractivity contribution is -0.125. The first kappa shape index (κ1) is 14.5. The van der Waals surface area contributed by atoms with Gasteiger partial charge in [-0.2, -0.15) is 0 Å². The number of nitrogens with one attached hydrogen (secondary N) is 2. The van der Waals surface area contributed by atoms with E-state index in [1.807, 2.05) is 0 Å². The molecule has 1 saturated heterocycles. The molecule has 1 rings (SSSR count). The number of carbonyl (C=O) groups is 1. The van der Waals surface area contributed by atoms with E-state index in [1.165, 1.54) is 32.1 Å². The van der Waals surface area contributed by atoms with Crippen molar-refractivity contribution in [1.29, 1.82) is 0 Å². The Kier molecular flexibility index (Phi) is 8.06. The van der Waals surface area contributed by atoms with Gasteiger partial charge in [-0.05, 0) is 32.4 Å². The summed E-state index contributed by atoms with van der Waals surface area (Å²) in [5.74, 6) is 0.538. The first-order valence-corrected chi connectivity index (χ1v) is 7.33. The van der Waals surface area contributed by atoms with Crippen LogP contribution in [0, 0.1) is 5.92 Å². The Morgan fingerprint density at radius 3 is 2.47 bits per heavy atom. The molecule has 0 spiro atoms. The van der Waals surface area contributed by atoms with Crippen LogP contribution in [0.5, 0.6) is 0 Å². The van der Waals surface area contributed by atoms with Crippen LogP contribution < -0.4 is 10.6 Å². The molecule has 0 aromatic carbocycles. The molecule has 3 nitrogen and oxygen atoms in total. The van der Waals surface area contributed by atoms with Crippen LogP contribution in [0.2, 0.25) is 0 Å². The molecule has 0 saturated carbocycles. The van der Waals surface area contributed by atoms with Gasteiger partial charge in [0.1, 0.15) is 0 Å². The summed E-state index contributed by atoms with van der Waals surface area (Å²) in [5, 5.41) is 6.36. The molecule has 0 radical (unpaired) electrons. The van der Waals surface area contributed by atoms with Crippen LogP contribution in [0.25, 0.3) is 0 Å². The third-order valence-electron chi connectivity index (χ3n) is 3.54. The van der Waals surface area contributed by atoms with E-state index >= 15 is 0 Å². The van der Waals surface area contributed by atoms with Gasteiger partial charge < -0.3 is 10.6 Å². The summed E-state index contributed by atoms with van der Waals surface area (Å²) in [7, 11) is 0. The maximum Gasteiger partial charge on any atom is 0.223 e. The number of piperidine rings is 1. The van der Waals surface area contributed by atoms with Gasteiger partial charge in [0.2, 0.25) is 5.91 Å². The molecule has 0 unspecified atom stereocenters. The van der Waals surface area contributed by atoms with Crippen LogP contribution >= 0.6 is 0 Å². The predicted octanol–water partition coefficient (Wildman–Crippen LogP) is 2.46. The van der Waals surface area contributed by atoms with Crippen molar-refractivity contribution >= 4 is 5.91 Å². The summed E-state index contributed by atoms with van der Waals surface area (Å²) in [6.45, 7) is 5.10. The highest BCUT2D eigenvalue weighted by Crippen LogP contribution is 2.11. The minimum absolute atomic E-state index is 0.261. The summed E-state index contributed by atoms with van der Waals surface area (Å²) in [6, 6.07) is 0. The molecule has 1 heterocycles. The van der Waals surface area contributed by atoms with Crippen molar-refractivity contribution in [2.45, 2.75) is 58.3 Å². The second kappa shape index (κ2) is 9.46. The zero-order chi connectivity index (χ0) is 12.3. The van der Waals surface area contributed by atoms with Crippen LogP contribution in [0.1, 0.15) is 58.3 Å². The number of rotatable bonds is 8. The fourth-order valence-corrected chi connectivity index (χ4v) is 2.35. The molecule has 0 bridgehead atoms. The smallest absolute Gasteiger partial charge is 0.223 e.